The van der Waals surface area contributed by atoms with E-state index in [1.165, 1.54) is 12.2 Å². The maximum Gasteiger partial charge on any atom is 0.361 e. The van der Waals surface area contributed by atoms with Crippen LogP contribution in [0.25, 0.3) is 0 Å². The molecule has 0 heterocycles. The van der Waals surface area contributed by atoms with E-state index in [-0.39, 0.29) is 13.2 Å². The summed E-state index contributed by atoms with van der Waals surface area (Å²) < 4.78 is 29.0. The van der Waals surface area contributed by atoms with Gasteiger partial charge in [-0.3, -0.25) is 4.57 Å². The van der Waals surface area contributed by atoms with Crippen LogP contribution in [-0.4, -0.2) is 19.8 Å². The Kier molecular flexibility index (Phi) is 7.44. The Morgan fingerprint density at radius 2 is 1.62 bits per heavy atom. The molecule has 0 aliphatic heterocycles. The van der Waals surface area contributed by atoms with Crippen molar-refractivity contribution in [1.29, 1.82) is 0 Å². The Balaban J connectivity index is 2.84. The molecule has 21 heavy (non-hydrogen) atoms. The van der Waals surface area contributed by atoms with E-state index in [4.69, 9.17) is 13.8 Å². The fourth-order valence-corrected chi connectivity index (χ4v) is 2.97. The summed E-state index contributed by atoms with van der Waals surface area (Å²) in [5, 5.41) is 0.489. The first kappa shape index (κ1) is 17.7. The highest BCUT2D eigenvalue weighted by atomic mass is 31.2. The summed E-state index contributed by atoms with van der Waals surface area (Å²) in [6, 6.07) is 6.92. The fraction of sp³-hybridized carbons (Fsp3) is 0.375. The van der Waals surface area contributed by atoms with E-state index >= 15 is 0 Å². The zero-order valence-corrected chi connectivity index (χ0v) is 13.6. The summed E-state index contributed by atoms with van der Waals surface area (Å²) >= 11 is 0. The van der Waals surface area contributed by atoms with Crippen molar-refractivity contribution in [2.75, 3.05) is 19.8 Å². The minimum Gasteiger partial charge on any atom is -0.493 e. The van der Waals surface area contributed by atoms with Crippen molar-refractivity contribution in [3.8, 4) is 5.75 Å². The Morgan fingerprint density at radius 3 is 2.05 bits per heavy atom. The topological polar surface area (TPSA) is 44.8 Å². The van der Waals surface area contributed by atoms with Gasteiger partial charge in [0.1, 0.15) is 5.75 Å². The molecule has 0 aromatic heterocycles. The van der Waals surface area contributed by atoms with Crippen molar-refractivity contribution in [3.63, 3.8) is 0 Å². The van der Waals surface area contributed by atoms with Gasteiger partial charge in [0.15, 0.2) is 0 Å². The monoisotopic (exact) mass is 310 g/mol. The molecule has 1 rings (SSSR count). The molecule has 1 aromatic carbocycles. The van der Waals surface area contributed by atoms with Gasteiger partial charge in [-0.15, -0.1) is 13.2 Å². The zero-order chi connectivity index (χ0) is 15.7. The molecule has 1 aromatic rings. The van der Waals surface area contributed by atoms with Crippen LogP contribution in [0.15, 0.2) is 49.6 Å². The summed E-state index contributed by atoms with van der Waals surface area (Å²) in [6.45, 7) is 12.2. The summed E-state index contributed by atoms with van der Waals surface area (Å²) in [4.78, 5) is 0. The third kappa shape index (κ3) is 5.88. The Morgan fingerprint density at radius 1 is 1.10 bits per heavy atom. The Labute approximate surface area is 127 Å². The Hall–Kier alpha value is -1.35. The van der Waals surface area contributed by atoms with Gasteiger partial charge >= 0.3 is 7.60 Å². The highest BCUT2D eigenvalue weighted by molar-refractivity contribution is 7.62. The van der Waals surface area contributed by atoms with E-state index in [0.29, 0.717) is 17.8 Å². The minimum absolute atomic E-state index is 0.153. The van der Waals surface area contributed by atoms with Crippen molar-refractivity contribution >= 4 is 12.9 Å². The van der Waals surface area contributed by atoms with Gasteiger partial charge in [-0.1, -0.05) is 26.0 Å². The van der Waals surface area contributed by atoms with Crippen LogP contribution in [0, 0.1) is 5.92 Å². The van der Waals surface area contributed by atoms with Gasteiger partial charge in [0, 0.05) is 0 Å². The molecule has 0 aliphatic rings. The lowest BCUT2D eigenvalue weighted by atomic mass is 10.2. The van der Waals surface area contributed by atoms with Crippen molar-refractivity contribution in [2.45, 2.75) is 13.8 Å². The number of rotatable bonds is 10. The van der Waals surface area contributed by atoms with E-state index in [2.05, 4.69) is 27.0 Å². The van der Waals surface area contributed by atoms with Crippen LogP contribution in [0.3, 0.4) is 0 Å². The molecule has 0 saturated carbocycles. The predicted octanol–water partition coefficient (Wildman–Crippen LogP) is 3.95. The molecule has 4 nitrogen and oxygen atoms in total. The highest BCUT2D eigenvalue weighted by Gasteiger charge is 2.26. The molecule has 0 amide bonds. The average Bonchev–Trinajstić information content (AvgIpc) is 2.49. The van der Waals surface area contributed by atoms with Crippen molar-refractivity contribution in [1.82, 2.24) is 0 Å². The molecule has 0 unspecified atom stereocenters. The van der Waals surface area contributed by atoms with Gasteiger partial charge in [-0.2, -0.15) is 0 Å². The highest BCUT2D eigenvalue weighted by Crippen LogP contribution is 2.47. The van der Waals surface area contributed by atoms with Crippen LogP contribution in [0.5, 0.6) is 5.75 Å². The third-order valence-corrected chi connectivity index (χ3v) is 4.37. The van der Waals surface area contributed by atoms with E-state index in [9.17, 15) is 4.57 Å². The van der Waals surface area contributed by atoms with Crippen LogP contribution < -0.4 is 10.0 Å². The van der Waals surface area contributed by atoms with Crippen LogP contribution in [0.4, 0.5) is 0 Å². The summed E-state index contributed by atoms with van der Waals surface area (Å²) in [5.41, 5.74) is 0. The van der Waals surface area contributed by atoms with Gasteiger partial charge < -0.3 is 13.8 Å². The lowest BCUT2D eigenvalue weighted by molar-refractivity contribution is 0.247. The first-order valence-corrected chi connectivity index (χ1v) is 8.40. The van der Waals surface area contributed by atoms with E-state index in [1.54, 1.807) is 24.3 Å². The van der Waals surface area contributed by atoms with E-state index < -0.39 is 7.60 Å². The maximum absolute atomic E-state index is 12.7. The first-order chi connectivity index (χ1) is 10.0. The smallest absolute Gasteiger partial charge is 0.361 e. The lowest BCUT2D eigenvalue weighted by Gasteiger charge is -2.17. The zero-order valence-electron chi connectivity index (χ0n) is 12.7. The fourth-order valence-electron chi connectivity index (χ4n) is 1.48. The molecule has 0 spiro atoms. The van der Waals surface area contributed by atoms with Gasteiger partial charge in [0.2, 0.25) is 0 Å². The maximum atomic E-state index is 12.7. The first-order valence-electron chi connectivity index (χ1n) is 6.86. The van der Waals surface area contributed by atoms with Gasteiger partial charge in [-0.25, -0.2) is 0 Å². The predicted molar refractivity (Wildman–Crippen MR) is 86.3 cm³/mol. The van der Waals surface area contributed by atoms with Crippen LogP contribution >= 0.6 is 7.60 Å². The van der Waals surface area contributed by atoms with Crippen LogP contribution in [0.2, 0.25) is 0 Å². The van der Waals surface area contributed by atoms with Crippen LogP contribution in [0.1, 0.15) is 13.8 Å². The summed E-state index contributed by atoms with van der Waals surface area (Å²) in [6.07, 6.45) is 3.06. The molecule has 116 valence electrons. The van der Waals surface area contributed by atoms with Gasteiger partial charge in [0.05, 0.1) is 25.1 Å². The molecule has 0 atom stereocenters. The Bertz CT molecular complexity index is 478. The largest absolute Gasteiger partial charge is 0.493 e. The molecular weight excluding hydrogens is 287 g/mol. The van der Waals surface area contributed by atoms with Gasteiger partial charge in [0.25, 0.3) is 0 Å². The summed E-state index contributed by atoms with van der Waals surface area (Å²) in [5.74, 6) is 1.18. The lowest BCUT2D eigenvalue weighted by Crippen LogP contribution is -2.11. The second-order valence-corrected chi connectivity index (χ2v) is 6.89. The average molecular weight is 310 g/mol. The van der Waals surface area contributed by atoms with Crippen molar-refractivity contribution in [3.05, 3.63) is 49.6 Å². The molecule has 0 fully saturated rings. The quantitative estimate of drug-likeness (QED) is 0.485. The second kappa shape index (κ2) is 8.83. The molecule has 0 saturated heterocycles. The van der Waals surface area contributed by atoms with Crippen molar-refractivity contribution in [2.24, 2.45) is 5.92 Å². The van der Waals surface area contributed by atoms with Crippen LogP contribution in [-0.2, 0) is 13.6 Å². The summed E-state index contributed by atoms with van der Waals surface area (Å²) in [7, 11) is -3.36. The van der Waals surface area contributed by atoms with E-state index in [0.717, 1.165) is 5.75 Å². The molecule has 0 N–H and O–H groups in total. The molecular formula is C16H23O4P. The molecule has 0 aliphatic carbocycles. The van der Waals surface area contributed by atoms with Gasteiger partial charge in [-0.05, 0) is 30.2 Å². The van der Waals surface area contributed by atoms with E-state index in [1.807, 2.05) is 0 Å². The van der Waals surface area contributed by atoms with Crippen molar-refractivity contribution < 1.29 is 18.3 Å². The number of benzene rings is 1. The second-order valence-electron chi connectivity index (χ2n) is 4.87. The number of ether oxygens (including phenoxy) is 1. The number of hydrogen-bond donors (Lipinski definition) is 0. The molecule has 0 radical (unpaired) electrons. The standard InChI is InChI=1S/C16H23O4P/c1-5-11-19-21(17,20-12-6-2)16-9-7-15(8-10-16)18-13-14(3)4/h5-10,14H,1-2,11-13H2,3-4H3. The minimum atomic E-state index is -3.36. The molecule has 5 heteroatoms. The SMILES string of the molecule is C=CCOP(=O)(OCC=C)c1ccc(OCC(C)C)cc1. The number of hydrogen-bond acceptors (Lipinski definition) is 4. The molecule has 0 bridgehead atoms. The third-order valence-electron chi connectivity index (χ3n) is 2.46. The normalized spacial score (nSPS) is 11.4.